The molecule has 0 unspecified atom stereocenters. The quantitative estimate of drug-likeness (QED) is 0.495. The highest BCUT2D eigenvalue weighted by Gasteiger charge is 2.28. The van der Waals surface area contributed by atoms with E-state index in [-0.39, 0.29) is 5.33 Å². The summed E-state index contributed by atoms with van der Waals surface area (Å²) < 4.78 is 4.70. The predicted molar refractivity (Wildman–Crippen MR) is 43.8 cm³/mol. The minimum Gasteiger partial charge on any atom is -0.849 e. The highest BCUT2D eigenvalue weighted by atomic mass is 79.9. The smallest absolute Gasteiger partial charge is 0.317 e. The van der Waals surface area contributed by atoms with Crippen LogP contribution < -0.4 is 5.11 Å². The Labute approximate surface area is 79.0 Å². The second-order valence-corrected chi connectivity index (χ2v) is 3.25. The van der Waals surface area contributed by atoms with E-state index in [1.54, 1.807) is 0 Å². The van der Waals surface area contributed by atoms with E-state index in [0.29, 0.717) is 0 Å². The number of carbonyl (C=O) groups excluding carboxylic acids is 2. The largest absolute Gasteiger partial charge is 0.849 e. The maximum absolute atomic E-state index is 10.9. The number of ether oxygens (including phenoxy) is 1. The van der Waals surface area contributed by atoms with Gasteiger partial charge < -0.3 is 9.84 Å². The van der Waals surface area contributed by atoms with Crippen LogP contribution in [0.2, 0.25) is 0 Å². The van der Waals surface area contributed by atoms with Crippen molar-refractivity contribution in [3.05, 3.63) is 0 Å². The first-order valence-corrected chi connectivity index (χ1v) is 4.45. The lowest BCUT2D eigenvalue weighted by Gasteiger charge is -2.24. The Hall–Kier alpha value is -0.420. The van der Waals surface area contributed by atoms with Gasteiger partial charge in [0.05, 0.1) is 0 Å². The first-order valence-electron chi connectivity index (χ1n) is 3.33. The zero-order chi connectivity index (χ0) is 9.78. The molecule has 0 heterocycles. The van der Waals surface area contributed by atoms with Crippen LogP contribution in [0.4, 0.5) is 0 Å². The zero-order valence-corrected chi connectivity index (χ0v) is 8.51. The average Bonchev–Trinajstić information content (AvgIpc) is 2.02. The number of carbonyl (C=O) groups is 2. The number of rotatable bonds is 4. The molecular formula is C7H10BrO4-. The minimum atomic E-state index is -1.30. The third-order valence-electron chi connectivity index (χ3n) is 1.28. The van der Waals surface area contributed by atoms with Crippen LogP contribution in [0.5, 0.6) is 0 Å². The molecule has 5 heteroatoms. The van der Waals surface area contributed by atoms with E-state index in [4.69, 9.17) is 4.74 Å². The van der Waals surface area contributed by atoms with Gasteiger partial charge in [0.25, 0.3) is 0 Å². The average molecular weight is 238 g/mol. The topological polar surface area (TPSA) is 66.4 Å². The summed E-state index contributed by atoms with van der Waals surface area (Å²) in [4.78, 5) is 21.6. The number of halogens is 1. The molecule has 0 rings (SSSR count). The third-order valence-corrected chi connectivity index (χ3v) is 1.74. The summed E-state index contributed by atoms with van der Waals surface area (Å²) in [6, 6.07) is 0. The van der Waals surface area contributed by atoms with E-state index < -0.39 is 24.0 Å². The predicted octanol–water partition coefficient (Wildman–Crippen LogP) is -0.368. The molecule has 0 aromatic carbocycles. The lowest BCUT2D eigenvalue weighted by Crippen LogP contribution is -2.42. The summed E-state index contributed by atoms with van der Waals surface area (Å²) in [5, 5.41) is 10.2. The van der Waals surface area contributed by atoms with Gasteiger partial charge in [0.15, 0.2) is 11.4 Å². The van der Waals surface area contributed by atoms with Crippen LogP contribution >= 0.6 is 15.9 Å². The van der Waals surface area contributed by atoms with Gasteiger partial charge in [-0.25, -0.2) is 0 Å². The molecule has 0 aliphatic rings. The van der Waals surface area contributed by atoms with Gasteiger partial charge in [0.2, 0.25) is 0 Å². The molecule has 0 spiro atoms. The van der Waals surface area contributed by atoms with Crippen molar-refractivity contribution in [1.82, 2.24) is 0 Å². The van der Waals surface area contributed by atoms with Crippen LogP contribution in [0.25, 0.3) is 0 Å². The van der Waals surface area contributed by atoms with Crippen molar-refractivity contribution >= 4 is 27.7 Å². The Balaban J connectivity index is 4.21. The van der Waals surface area contributed by atoms with Gasteiger partial charge in [-0.2, -0.15) is 0 Å². The number of hydrogen-bond donors (Lipinski definition) is 0. The normalized spacial score (nSPS) is 11.0. The van der Waals surface area contributed by atoms with Crippen molar-refractivity contribution in [2.24, 2.45) is 0 Å². The Bertz CT molecular complexity index is 188. The molecule has 0 aliphatic carbocycles. The van der Waals surface area contributed by atoms with Crippen LogP contribution in [-0.4, -0.2) is 29.3 Å². The van der Waals surface area contributed by atoms with E-state index in [9.17, 15) is 14.7 Å². The van der Waals surface area contributed by atoms with E-state index in [0.717, 1.165) is 0 Å². The molecule has 0 N–H and O–H groups in total. The molecule has 0 fully saturated rings. The number of esters is 1. The van der Waals surface area contributed by atoms with Gasteiger partial charge >= 0.3 is 5.97 Å². The van der Waals surface area contributed by atoms with Gasteiger partial charge in [0, 0.05) is 0 Å². The molecule has 0 aliphatic heterocycles. The first kappa shape index (κ1) is 11.6. The molecule has 0 amide bonds. The van der Waals surface area contributed by atoms with Gasteiger partial charge in [0.1, 0.15) is 5.33 Å². The molecule has 0 radical (unpaired) electrons. The second kappa shape index (κ2) is 4.57. The van der Waals surface area contributed by atoms with E-state index in [1.165, 1.54) is 13.8 Å². The first-order chi connectivity index (χ1) is 5.44. The summed E-state index contributed by atoms with van der Waals surface area (Å²) in [6.07, 6.45) is 0. The fraction of sp³-hybridized carbons (Fsp3) is 0.714. The summed E-state index contributed by atoms with van der Waals surface area (Å²) >= 11 is 2.87. The molecule has 12 heavy (non-hydrogen) atoms. The summed E-state index contributed by atoms with van der Waals surface area (Å²) in [6.45, 7) is 1.92. The summed E-state index contributed by atoms with van der Waals surface area (Å²) in [5.41, 5.74) is -1.30. The fourth-order valence-corrected chi connectivity index (χ4v) is 0.657. The highest BCUT2D eigenvalue weighted by molar-refractivity contribution is 9.09. The van der Waals surface area contributed by atoms with Crippen molar-refractivity contribution < 1.29 is 19.4 Å². The monoisotopic (exact) mass is 237 g/mol. The molecule has 0 aromatic heterocycles. The van der Waals surface area contributed by atoms with Crippen LogP contribution in [0.1, 0.15) is 13.8 Å². The minimum absolute atomic E-state index is 0.0164. The Morgan fingerprint density at radius 2 is 2.00 bits per heavy atom. The number of Topliss-reactive ketones (excluding diaryl/α,β-unsaturated/α-hetero) is 1. The van der Waals surface area contributed by atoms with E-state index in [1.807, 2.05) is 0 Å². The molecule has 4 nitrogen and oxygen atoms in total. The van der Waals surface area contributed by atoms with Gasteiger partial charge in [-0.1, -0.05) is 22.5 Å². The number of alkyl halides is 1. The van der Waals surface area contributed by atoms with Gasteiger partial charge in [-0.3, -0.25) is 9.59 Å². The molecule has 0 saturated heterocycles. The lowest BCUT2D eigenvalue weighted by atomic mass is 10.0. The third kappa shape index (κ3) is 3.32. The Kier molecular flexibility index (Phi) is 4.41. The Morgan fingerprint density at radius 1 is 1.50 bits per heavy atom. The van der Waals surface area contributed by atoms with Crippen molar-refractivity contribution in [2.45, 2.75) is 19.4 Å². The molecule has 0 bridgehead atoms. The fourth-order valence-electron chi connectivity index (χ4n) is 0.543. The van der Waals surface area contributed by atoms with E-state index >= 15 is 0 Å². The summed E-state index contributed by atoms with van der Waals surface area (Å²) in [5.74, 6) is -1.18. The van der Waals surface area contributed by atoms with Gasteiger partial charge in [-0.15, -0.1) is 0 Å². The summed E-state index contributed by atoms with van der Waals surface area (Å²) in [7, 11) is 0. The maximum atomic E-state index is 10.9. The highest BCUT2D eigenvalue weighted by Crippen LogP contribution is 2.10. The van der Waals surface area contributed by atoms with Crippen LogP contribution in [-0.2, 0) is 14.3 Å². The standard InChI is InChI=1S/C7H10BrO4/c1-7(2,5(10)4-9)12-6(11)3-8/h3-4H2,1-2H3/q-1. The zero-order valence-electron chi connectivity index (χ0n) is 6.93. The number of hydrogen-bond acceptors (Lipinski definition) is 4. The number of ketones is 1. The van der Waals surface area contributed by atoms with Crippen LogP contribution in [0.3, 0.4) is 0 Å². The van der Waals surface area contributed by atoms with Crippen molar-refractivity contribution in [3.8, 4) is 0 Å². The van der Waals surface area contributed by atoms with Gasteiger partial charge in [-0.05, 0) is 13.8 Å². The van der Waals surface area contributed by atoms with E-state index in [2.05, 4.69) is 15.9 Å². The second-order valence-electron chi connectivity index (χ2n) is 2.69. The molecule has 0 aromatic rings. The van der Waals surface area contributed by atoms with Crippen LogP contribution in [0, 0.1) is 0 Å². The van der Waals surface area contributed by atoms with Crippen molar-refractivity contribution in [3.63, 3.8) is 0 Å². The Morgan fingerprint density at radius 3 is 2.33 bits per heavy atom. The SMILES string of the molecule is CC(C)(OC(=O)CBr)C(=O)C[O-]. The molecular weight excluding hydrogens is 228 g/mol. The lowest BCUT2D eigenvalue weighted by molar-refractivity contribution is -0.356. The molecule has 0 atom stereocenters. The maximum Gasteiger partial charge on any atom is 0.317 e. The van der Waals surface area contributed by atoms with Crippen molar-refractivity contribution in [2.75, 3.05) is 11.9 Å². The molecule has 0 saturated carbocycles. The van der Waals surface area contributed by atoms with Crippen LogP contribution in [0.15, 0.2) is 0 Å². The molecule has 70 valence electrons. The van der Waals surface area contributed by atoms with Crippen molar-refractivity contribution in [1.29, 1.82) is 0 Å².